The summed E-state index contributed by atoms with van der Waals surface area (Å²) in [6.45, 7) is 4.15. The van der Waals surface area contributed by atoms with Crippen LogP contribution in [0.4, 0.5) is 0 Å². The van der Waals surface area contributed by atoms with Crippen LogP contribution in [-0.4, -0.2) is 54.9 Å². The molecule has 0 unspecified atom stereocenters. The van der Waals surface area contributed by atoms with Crippen molar-refractivity contribution in [2.45, 2.75) is 50.0 Å². The lowest BCUT2D eigenvalue weighted by molar-refractivity contribution is -0.121. The second-order valence-electron chi connectivity index (χ2n) is 7.07. The Morgan fingerprint density at radius 3 is 2.72 bits per heavy atom. The summed E-state index contributed by atoms with van der Waals surface area (Å²) < 4.78 is 5.72. The lowest BCUT2D eigenvalue weighted by Crippen LogP contribution is -2.46. The zero-order chi connectivity index (χ0) is 17.3. The van der Waals surface area contributed by atoms with Gasteiger partial charge in [-0.25, -0.2) is 0 Å². The molecule has 2 heterocycles. The van der Waals surface area contributed by atoms with Crippen LogP contribution in [-0.2, 0) is 15.3 Å². The zero-order valence-corrected chi connectivity index (χ0v) is 15.8. The number of rotatable bonds is 8. The molecule has 2 fully saturated rings. The fraction of sp³-hybridized carbons (Fsp3) is 0.650. The van der Waals surface area contributed by atoms with Crippen LogP contribution in [0, 0.1) is 0 Å². The Morgan fingerprint density at radius 2 is 2.00 bits per heavy atom. The number of carbonyl (C=O) groups excluding carboxylic acids is 1. The Balaban J connectivity index is 1.25. The second kappa shape index (κ2) is 10.2. The van der Waals surface area contributed by atoms with Gasteiger partial charge >= 0.3 is 0 Å². The van der Waals surface area contributed by atoms with Gasteiger partial charge in [-0.3, -0.25) is 4.79 Å². The number of nitrogens with zero attached hydrogens (tertiary/aromatic N) is 1. The van der Waals surface area contributed by atoms with Gasteiger partial charge < -0.3 is 15.0 Å². The van der Waals surface area contributed by atoms with Gasteiger partial charge in [-0.2, -0.15) is 11.8 Å². The summed E-state index contributed by atoms with van der Waals surface area (Å²) in [5.41, 5.74) is 1.33. The third-order valence-electron chi connectivity index (χ3n) is 5.02. The highest BCUT2D eigenvalue weighted by Gasteiger charge is 2.24. The summed E-state index contributed by atoms with van der Waals surface area (Å²) in [6.07, 6.45) is 5.60. The van der Waals surface area contributed by atoms with Crippen molar-refractivity contribution in [2.24, 2.45) is 0 Å². The third-order valence-corrected chi connectivity index (χ3v) is 6.05. The molecule has 0 radical (unpaired) electrons. The van der Waals surface area contributed by atoms with Crippen LogP contribution in [0.25, 0.3) is 0 Å². The maximum Gasteiger partial charge on any atom is 0.221 e. The summed E-state index contributed by atoms with van der Waals surface area (Å²) in [6, 6.07) is 10.8. The van der Waals surface area contributed by atoms with Crippen LogP contribution in [0.2, 0.25) is 0 Å². The third kappa shape index (κ3) is 6.65. The SMILES string of the molecule is O=C(CCSCc1ccccc1)NC1CCN(C[C@H]2CCCO2)CC1. The number of hydrogen-bond donors (Lipinski definition) is 1. The highest BCUT2D eigenvalue weighted by Crippen LogP contribution is 2.17. The summed E-state index contributed by atoms with van der Waals surface area (Å²) in [5.74, 6) is 2.08. The number of thioether (sulfide) groups is 1. The predicted octanol–water partition coefficient (Wildman–Crippen LogP) is 3.07. The first-order chi connectivity index (χ1) is 12.3. The summed E-state index contributed by atoms with van der Waals surface area (Å²) in [5, 5.41) is 3.22. The topological polar surface area (TPSA) is 41.6 Å². The van der Waals surface area contributed by atoms with Crippen LogP contribution in [0.5, 0.6) is 0 Å². The van der Waals surface area contributed by atoms with Crippen molar-refractivity contribution in [3.8, 4) is 0 Å². The number of nitrogens with one attached hydrogen (secondary N) is 1. The Labute approximate surface area is 155 Å². The zero-order valence-electron chi connectivity index (χ0n) is 15.0. The minimum absolute atomic E-state index is 0.207. The first kappa shape index (κ1) is 18.7. The second-order valence-corrected chi connectivity index (χ2v) is 8.17. The van der Waals surface area contributed by atoms with Crippen LogP contribution in [0.3, 0.4) is 0 Å². The molecule has 25 heavy (non-hydrogen) atoms. The fourth-order valence-corrected chi connectivity index (χ4v) is 4.47. The predicted molar refractivity (Wildman–Crippen MR) is 104 cm³/mol. The molecule has 1 atom stereocenters. The normalized spacial score (nSPS) is 22.2. The van der Waals surface area contributed by atoms with E-state index in [9.17, 15) is 4.79 Å². The van der Waals surface area contributed by atoms with Gasteiger partial charge in [0, 0.05) is 50.2 Å². The van der Waals surface area contributed by atoms with E-state index in [1.807, 2.05) is 17.8 Å². The van der Waals surface area contributed by atoms with E-state index in [1.54, 1.807) is 0 Å². The van der Waals surface area contributed by atoms with Gasteiger partial charge in [0.25, 0.3) is 0 Å². The molecule has 4 nitrogen and oxygen atoms in total. The average molecular weight is 363 g/mol. The van der Waals surface area contributed by atoms with E-state index in [4.69, 9.17) is 4.74 Å². The highest BCUT2D eigenvalue weighted by atomic mass is 32.2. The minimum Gasteiger partial charge on any atom is -0.377 e. The number of piperidine rings is 1. The van der Waals surface area contributed by atoms with E-state index >= 15 is 0 Å². The number of benzene rings is 1. The molecule has 0 spiro atoms. The summed E-state index contributed by atoms with van der Waals surface area (Å²) in [7, 11) is 0. The van der Waals surface area contributed by atoms with Crippen molar-refractivity contribution in [3.05, 3.63) is 35.9 Å². The lowest BCUT2D eigenvalue weighted by atomic mass is 10.0. The van der Waals surface area contributed by atoms with Crippen LogP contribution in [0.1, 0.15) is 37.7 Å². The molecule has 1 amide bonds. The number of hydrogen-bond acceptors (Lipinski definition) is 4. The Morgan fingerprint density at radius 1 is 1.20 bits per heavy atom. The van der Waals surface area contributed by atoms with Crippen molar-refractivity contribution in [1.29, 1.82) is 0 Å². The van der Waals surface area contributed by atoms with E-state index in [1.165, 1.54) is 18.4 Å². The maximum absolute atomic E-state index is 12.1. The molecular formula is C20H30N2O2S. The Kier molecular flexibility index (Phi) is 7.64. The highest BCUT2D eigenvalue weighted by molar-refractivity contribution is 7.98. The molecule has 1 aromatic carbocycles. The van der Waals surface area contributed by atoms with Crippen LogP contribution in [0.15, 0.2) is 30.3 Å². The molecule has 1 N–H and O–H groups in total. The van der Waals surface area contributed by atoms with Gasteiger partial charge in [-0.15, -0.1) is 0 Å². The van der Waals surface area contributed by atoms with E-state index in [0.717, 1.165) is 50.6 Å². The molecule has 2 aliphatic rings. The number of amides is 1. The standard InChI is InChI=1S/C20H30N2O2S/c23-20(10-14-25-16-17-5-2-1-3-6-17)21-18-8-11-22(12-9-18)15-19-7-4-13-24-19/h1-3,5-6,18-19H,4,7-16H2,(H,21,23)/t19-/m1/s1. The van der Waals surface area contributed by atoms with Crippen molar-refractivity contribution in [2.75, 3.05) is 32.0 Å². The van der Waals surface area contributed by atoms with E-state index in [0.29, 0.717) is 18.6 Å². The molecule has 1 aromatic rings. The van der Waals surface area contributed by atoms with Crippen molar-refractivity contribution >= 4 is 17.7 Å². The number of carbonyl (C=O) groups is 1. The molecule has 0 aromatic heterocycles. The molecule has 0 aliphatic carbocycles. The maximum atomic E-state index is 12.1. The quantitative estimate of drug-likeness (QED) is 0.722. The molecule has 138 valence electrons. The molecule has 2 aliphatic heterocycles. The fourth-order valence-electron chi connectivity index (χ4n) is 3.57. The Hall–Kier alpha value is -1.04. The number of likely N-dealkylation sites (tertiary alicyclic amines) is 1. The molecule has 5 heteroatoms. The van der Waals surface area contributed by atoms with Gasteiger partial charge in [0.1, 0.15) is 0 Å². The molecular weight excluding hydrogens is 332 g/mol. The molecule has 3 rings (SSSR count). The first-order valence-electron chi connectivity index (χ1n) is 9.54. The van der Waals surface area contributed by atoms with Gasteiger partial charge in [0.05, 0.1) is 6.10 Å². The van der Waals surface area contributed by atoms with E-state index < -0.39 is 0 Å². The Bertz CT molecular complexity index is 512. The minimum atomic E-state index is 0.207. The van der Waals surface area contributed by atoms with Gasteiger partial charge in [-0.1, -0.05) is 30.3 Å². The lowest BCUT2D eigenvalue weighted by Gasteiger charge is -2.33. The monoisotopic (exact) mass is 362 g/mol. The summed E-state index contributed by atoms with van der Waals surface area (Å²) in [4.78, 5) is 14.6. The first-order valence-corrected chi connectivity index (χ1v) is 10.7. The average Bonchev–Trinajstić information content (AvgIpc) is 3.14. The van der Waals surface area contributed by atoms with E-state index in [-0.39, 0.29) is 5.91 Å². The van der Waals surface area contributed by atoms with E-state index in [2.05, 4.69) is 34.5 Å². The molecule has 0 saturated carbocycles. The molecule has 2 saturated heterocycles. The van der Waals surface area contributed by atoms with Crippen LogP contribution < -0.4 is 5.32 Å². The molecule has 0 bridgehead atoms. The van der Waals surface area contributed by atoms with Crippen molar-refractivity contribution in [1.82, 2.24) is 10.2 Å². The largest absolute Gasteiger partial charge is 0.377 e. The van der Waals surface area contributed by atoms with Crippen molar-refractivity contribution in [3.63, 3.8) is 0 Å². The summed E-state index contributed by atoms with van der Waals surface area (Å²) >= 11 is 1.83. The van der Waals surface area contributed by atoms with Gasteiger partial charge in [0.2, 0.25) is 5.91 Å². The van der Waals surface area contributed by atoms with Gasteiger partial charge in [0.15, 0.2) is 0 Å². The van der Waals surface area contributed by atoms with Crippen molar-refractivity contribution < 1.29 is 9.53 Å². The number of ether oxygens (including phenoxy) is 1. The van der Waals surface area contributed by atoms with Crippen LogP contribution >= 0.6 is 11.8 Å². The smallest absolute Gasteiger partial charge is 0.221 e. The van der Waals surface area contributed by atoms with Gasteiger partial charge in [-0.05, 0) is 31.2 Å².